The fourth-order valence-corrected chi connectivity index (χ4v) is 10.3. The normalized spacial score (nSPS) is 29.1. The molecule has 7 atom stereocenters. The number of hydrogen-bond donors (Lipinski definition) is 3. The van der Waals surface area contributed by atoms with Gasteiger partial charge in [0.15, 0.2) is 5.79 Å². The highest BCUT2D eigenvalue weighted by Crippen LogP contribution is 2.42. The number of methoxy groups -OCH3 is 1. The lowest BCUT2D eigenvalue weighted by Crippen LogP contribution is -2.69. The van der Waals surface area contributed by atoms with Gasteiger partial charge in [-0.2, -0.15) is 0 Å². The number of benzene rings is 2. The predicted molar refractivity (Wildman–Crippen MR) is 145 cm³/mol. The lowest BCUT2D eigenvalue weighted by molar-refractivity contribution is -0.367. The molecule has 1 saturated heterocycles. The Labute approximate surface area is 217 Å². The highest BCUT2D eigenvalue weighted by Gasteiger charge is 2.57. The van der Waals surface area contributed by atoms with Crippen LogP contribution in [0, 0.1) is 17.8 Å². The molecule has 0 amide bonds. The first-order chi connectivity index (χ1) is 16.9. The van der Waals surface area contributed by atoms with Gasteiger partial charge < -0.3 is 29.2 Å². The van der Waals surface area contributed by atoms with Crippen molar-refractivity contribution < 1.29 is 29.2 Å². The molecule has 3 rings (SSSR count). The molecule has 3 N–H and O–H groups in total. The van der Waals surface area contributed by atoms with Crippen molar-refractivity contribution in [3.8, 4) is 0 Å². The van der Waals surface area contributed by atoms with Crippen LogP contribution in [0.15, 0.2) is 60.7 Å². The van der Waals surface area contributed by atoms with Gasteiger partial charge in [-0.25, -0.2) is 0 Å². The second-order valence-corrected chi connectivity index (χ2v) is 15.7. The molecule has 0 bridgehead atoms. The fraction of sp³-hybridized carbons (Fsp3) is 0.586. The maximum absolute atomic E-state index is 11.9. The summed E-state index contributed by atoms with van der Waals surface area (Å²) in [6.45, 7) is 12.3. The van der Waals surface area contributed by atoms with E-state index in [4.69, 9.17) is 13.9 Å². The fourth-order valence-electron chi connectivity index (χ4n) is 5.68. The van der Waals surface area contributed by atoms with E-state index in [2.05, 4.69) is 45.0 Å². The summed E-state index contributed by atoms with van der Waals surface area (Å²) in [4.78, 5) is 0. The Balaban J connectivity index is 2.02. The smallest absolute Gasteiger partial charge is 0.261 e. The van der Waals surface area contributed by atoms with Crippen molar-refractivity contribution in [2.24, 2.45) is 17.8 Å². The average Bonchev–Trinajstić information content (AvgIpc) is 2.86. The molecule has 2 aromatic rings. The number of ether oxygens (including phenoxy) is 2. The zero-order valence-electron chi connectivity index (χ0n) is 22.7. The van der Waals surface area contributed by atoms with Crippen molar-refractivity contribution in [1.82, 2.24) is 0 Å². The summed E-state index contributed by atoms with van der Waals surface area (Å²) in [6, 6.07) is 20.7. The van der Waals surface area contributed by atoms with Crippen LogP contribution >= 0.6 is 0 Å². The van der Waals surface area contributed by atoms with Crippen LogP contribution in [0.25, 0.3) is 0 Å². The van der Waals surface area contributed by atoms with E-state index < -0.39 is 38.3 Å². The van der Waals surface area contributed by atoms with Gasteiger partial charge in [0.25, 0.3) is 8.32 Å². The molecule has 1 aliphatic heterocycles. The van der Waals surface area contributed by atoms with Crippen LogP contribution in [0.2, 0.25) is 5.04 Å². The number of hydrogen-bond acceptors (Lipinski definition) is 6. The van der Waals surface area contributed by atoms with Crippen molar-refractivity contribution in [3.63, 3.8) is 0 Å². The third kappa shape index (κ3) is 5.20. The van der Waals surface area contributed by atoms with E-state index in [9.17, 15) is 15.3 Å². The molecule has 1 aliphatic rings. The third-order valence-corrected chi connectivity index (χ3v) is 12.9. The predicted octanol–water partition coefficient (Wildman–Crippen LogP) is 2.93. The Morgan fingerprint density at radius 1 is 1.00 bits per heavy atom. The molecular formula is C29H44O6Si. The van der Waals surface area contributed by atoms with Crippen LogP contribution in [0.1, 0.15) is 41.5 Å². The summed E-state index contributed by atoms with van der Waals surface area (Å²) in [5.74, 6) is -2.90. The van der Waals surface area contributed by atoms with Crippen LogP contribution in [-0.4, -0.2) is 68.1 Å². The quantitative estimate of drug-likeness (QED) is 0.444. The molecule has 0 spiro atoms. The minimum absolute atomic E-state index is 0.109. The van der Waals surface area contributed by atoms with Crippen molar-refractivity contribution in [2.45, 2.75) is 70.7 Å². The van der Waals surface area contributed by atoms with Gasteiger partial charge in [0.2, 0.25) is 0 Å². The average molecular weight is 517 g/mol. The number of aliphatic hydroxyl groups excluding tert-OH is 2. The monoisotopic (exact) mass is 516 g/mol. The molecule has 6 nitrogen and oxygen atoms in total. The topological polar surface area (TPSA) is 88.4 Å². The van der Waals surface area contributed by atoms with Crippen molar-refractivity contribution in [2.75, 3.05) is 20.3 Å². The van der Waals surface area contributed by atoms with Crippen LogP contribution in [-0.2, 0) is 13.9 Å². The summed E-state index contributed by atoms with van der Waals surface area (Å²) >= 11 is 0. The summed E-state index contributed by atoms with van der Waals surface area (Å²) in [5, 5.41) is 34.8. The largest absolute Gasteiger partial charge is 0.407 e. The maximum Gasteiger partial charge on any atom is 0.261 e. The highest BCUT2D eigenvalue weighted by atomic mass is 28.4. The van der Waals surface area contributed by atoms with E-state index >= 15 is 0 Å². The van der Waals surface area contributed by atoms with E-state index in [1.165, 1.54) is 7.11 Å². The minimum atomic E-state index is -2.83. The molecule has 36 heavy (non-hydrogen) atoms. The molecule has 1 heterocycles. The maximum atomic E-state index is 11.9. The summed E-state index contributed by atoms with van der Waals surface area (Å²) in [7, 11) is -1.35. The first kappa shape index (κ1) is 29.0. The first-order valence-electron chi connectivity index (χ1n) is 12.9. The molecule has 0 radical (unpaired) electrons. The van der Waals surface area contributed by atoms with E-state index in [0.717, 1.165) is 10.4 Å². The summed E-state index contributed by atoms with van der Waals surface area (Å²) in [6.07, 6.45) is -2.44. The molecule has 0 aromatic heterocycles. The standard InChI is InChI=1S/C29H44O6Si/c1-20(18-30)26-22(3)25(31)27(33-7)29(32,35-26)21(2)19-34-36(28(4,5)6,23-14-10-8-11-15-23)24-16-12-9-13-17-24/h8-17,20-22,25-27,30-32H,18-19H2,1-7H3/t20-,21+,22-,25-,26-,27+,29-/m0/s1. The Morgan fingerprint density at radius 3 is 1.92 bits per heavy atom. The molecule has 7 heteroatoms. The van der Waals surface area contributed by atoms with Crippen molar-refractivity contribution in [3.05, 3.63) is 60.7 Å². The third-order valence-electron chi connectivity index (χ3n) is 7.88. The highest BCUT2D eigenvalue weighted by molar-refractivity contribution is 6.99. The molecule has 2 aromatic carbocycles. The Kier molecular flexibility index (Phi) is 9.20. The van der Waals surface area contributed by atoms with E-state index in [0.29, 0.717) is 0 Å². The van der Waals surface area contributed by atoms with Gasteiger partial charge in [-0.1, -0.05) is 102 Å². The zero-order chi connectivity index (χ0) is 26.7. The van der Waals surface area contributed by atoms with Gasteiger partial charge in [-0.3, -0.25) is 0 Å². The first-order valence-corrected chi connectivity index (χ1v) is 14.8. The van der Waals surface area contributed by atoms with E-state index in [1.54, 1.807) is 0 Å². The Hall–Kier alpha value is -1.58. The van der Waals surface area contributed by atoms with Crippen LogP contribution in [0.5, 0.6) is 0 Å². The molecule has 0 aliphatic carbocycles. The van der Waals surface area contributed by atoms with E-state index in [-0.39, 0.29) is 30.1 Å². The van der Waals surface area contributed by atoms with E-state index in [1.807, 2.05) is 57.2 Å². The van der Waals surface area contributed by atoms with Crippen LogP contribution in [0.4, 0.5) is 0 Å². The van der Waals surface area contributed by atoms with Crippen molar-refractivity contribution >= 4 is 18.7 Å². The van der Waals surface area contributed by atoms with Crippen LogP contribution < -0.4 is 10.4 Å². The summed E-state index contributed by atoms with van der Waals surface area (Å²) < 4.78 is 18.9. The van der Waals surface area contributed by atoms with Gasteiger partial charge in [-0.05, 0) is 15.4 Å². The van der Waals surface area contributed by atoms with Gasteiger partial charge in [-0.15, -0.1) is 0 Å². The second-order valence-electron chi connectivity index (χ2n) is 11.4. The van der Waals surface area contributed by atoms with Gasteiger partial charge in [0.1, 0.15) is 6.10 Å². The summed E-state index contributed by atoms with van der Waals surface area (Å²) in [5.41, 5.74) is 0. The van der Waals surface area contributed by atoms with Gasteiger partial charge in [0, 0.05) is 38.1 Å². The molecule has 0 unspecified atom stereocenters. The second kappa shape index (κ2) is 11.4. The Morgan fingerprint density at radius 2 is 1.50 bits per heavy atom. The minimum Gasteiger partial charge on any atom is -0.407 e. The Bertz CT molecular complexity index is 910. The number of rotatable bonds is 9. The SMILES string of the molecule is CO[C@@H]1[C@@H](O)[C@H](C)[C@H]([C@@H](C)CO)O[C@@]1(O)[C@H](C)CO[Si](c1ccccc1)(c1ccccc1)C(C)(C)C. The van der Waals surface area contributed by atoms with Crippen LogP contribution in [0.3, 0.4) is 0 Å². The van der Waals surface area contributed by atoms with Gasteiger partial charge in [0.05, 0.1) is 12.2 Å². The molecular weight excluding hydrogens is 472 g/mol. The lowest BCUT2D eigenvalue weighted by atomic mass is 9.78. The van der Waals surface area contributed by atoms with Crippen molar-refractivity contribution in [1.29, 1.82) is 0 Å². The zero-order valence-corrected chi connectivity index (χ0v) is 23.7. The van der Waals surface area contributed by atoms with Gasteiger partial charge >= 0.3 is 0 Å². The lowest BCUT2D eigenvalue weighted by Gasteiger charge is -2.52. The molecule has 1 fully saturated rings. The molecule has 0 saturated carbocycles. The molecule has 200 valence electrons. The number of aliphatic hydroxyl groups is 3.